The number of carbonyl (C=O) groups excluding carboxylic acids is 1. The van der Waals surface area contributed by atoms with Crippen LogP contribution < -0.4 is 0 Å². The molecule has 262 valence electrons. The summed E-state index contributed by atoms with van der Waals surface area (Å²) in [5, 5.41) is 8.81. The van der Waals surface area contributed by atoms with Crippen molar-refractivity contribution >= 4 is 11.9 Å². The molecule has 0 aromatic rings. The summed E-state index contributed by atoms with van der Waals surface area (Å²) < 4.78 is 6.01. The standard InChI is InChI=1S/C40H78O4/c1-3-5-7-9-11-13-15-17-19-21-23-26-30-34-38(35-31-27-25-28-32-36-39(41)42)44-40(43)37-33-29-24-22-20-18-16-14-12-10-8-6-4-2/h38H,3-37H2,1-2H3,(H,41,42). The highest BCUT2D eigenvalue weighted by molar-refractivity contribution is 5.69. The first-order valence-electron chi connectivity index (χ1n) is 20.0. The summed E-state index contributed by atoms with van der Waals surface area (Å²) in [4.78, 5) is 23.4. The fraction of sp³-hybridized carbons (Fsp3) is 0.950. The molecule has 4 heteroatoms. The monoisotopic (exact) mass is 623 g/mol. The van der Waals surface area contributed by atoms with Crippen LogP contribution >= 0.6 is 0 Å². The number of rotatable bonds is 37. The van der Waals surface area contributed by atoms with Gasteiger partial charge in [0.25, 0.3) is 0 Å². The van der Waals surface area contributed by atoms with E-state index in [-0.39, 0.29) is 18.5 Å². The van der Waals surface area contributed by atoms with Gasteiger partial charge in [0.1, 0.15) is 6.10 Å². The summed E-state index contributed by atoms with van der Waals surface area (Å²) in [6, 6.07) is 0. The first kappa shape index (κ1) is 42.9. The van der Waals surface area contributed by atoms with Crippen molar-refractivity contribution in [1.82, 2.24) is 0 Å². The number of aliphatic carboxylic acids is 1. The molecule has 0 saturated carbocycles. The molecular weight excluding hydrogens is 544 g/mol. The zero-order valence-electron chi connectivity index (χ0n) is 30.0. The van der Waals surface area contributed by atoms with E-state index >= 15 is 0 Å². The molecule has 0 aliphatic heterocycles. The fourth-order valence-corrected chi connectivity index (χ4v) is 6.36. The summed E-state index contributed by atoms with van der Waals surface area (Å²) in [5.41, 5.74) is 0. The first-order chi connectivity index (χ1) is 21.6. The Labute approximate surface area is 275 Å². The summed E-state index contributed by atoms with van der Waals surface area (Å²) in [7, 11) is 0. The second-order valence-corrected chi connectivity index (χ2v) is 13.8. The predicted molar refractivity (Wildman–Crippen MR) is 190 cm³/mol. The molecule has 0 aliphatic carbocycles. The van der Waals surface area contributed by atoms with Gasteiger partial charge in [-0.2, -0.15) is 0 Å². The van der Waals surface area contributed by atoms with E-state index < -0.39 is 5.97 Å². The molecule has 0 heterocycles. The predicted octanol–water partition coefficient (Wildman–Crippen LogP) is 13.7. The van der Waals surface area contributed by atoms with Crippen molar-refractivity contribution in [1.29, 1.82) is 0 Å². The molecule has 0 aliphatic rings. The van der Waals surface area contributed by atoms with Crippen LogP contribution in [0.2, 0.25) is 0 Å². The lowest BCUT2D eigenvalue weighted by atomic mass is 10.0. The average Bonchev–Trinajstić information content (AvgIpc) is 3.00. The molecule has 0 aromatic carbocycles. The summed E-state index contributed by atoms with van der Waals surface area (Å²) in [6.45, 7) is 4.56. The van der Waals surface area contributed by atoms with Crippen molar-refractivity contribution < 1.29 is 19.4 Å². The van der Waals surface area contributed by atoms with Gasteiger partial charge >= 0.3 is 11.9 Å². The average molecular weight is 623 g/mol. The number of unbranched alkanes of at least 4 members (excludes halogenated alkanes) is 28. The van der Waals surface area contributed by atoms with Gasteiger partial charge in [0.15, 0.2) is 0 Å². The Morgan fingerprint density at radius 2 is 0.682 bits per heavy atom. The van der Waals surface area contributed by atoms with E-state index in [1.807, 2.05) is 0 Å². The molecule has 0 radical (unpaired) electrons. The molecule has 0 rings (SSSR count). The van der Waals surface area contributed by atoms with Crippen LogP contribution in [0.1, 0.15) is 239 Å². The van der Waals surface area contributed by atoms with Gasteiger partial charge in [0.05, 0.1) is 0 Å². The Morgan fingerprint density at radius 1 is 0.409 bits per heavy atom. The molecule has 1 N–H and O–H groups in total. The van der Waals surface area contributed by atoms with Gasteiger partial charge in [-0.1, -0.05) is 187 Å². The number of hydrogen-bond donors (Lipinski definition) is 1. The molecule has 0 amide bonds. The van der Waals surface area contributed by atoms with Gasteiger partial charge in [-0.25, -0.2) is 0 Å². The quantitative estimate of drug-likeness (QED) is 0.0553. The van der Waals surface area contributed by atoms with Crippen LogP contribution in [0.3, 0.4) is 0 Å². The highest BCUT2D eigenvalue weighted by atomic mass is 16.5. The number of carbonyl (C=O) groups is 2. The summed E-state index contributed by atoms with van der Waals surface area (Å²) >= 11 is 0. The second-order valence-electron chi connectivity index (χ2n) is 13.8. The van der Waals surface area contributed by atoms with Gasteiger partial charge in [-0.05, 0) is 38.5 Å². The third-order valence-electron chi connectivity index (χ3n) is 9.33. The maximum absolute atomic E-state index is 12.6. The Kier molecular flexibility index (Phi) is 35.5. The largest absolute Gasteiger partial charge is 0.481 e. The lowest BCUT2D eigenvalue weighted by Gasteiger charge is -2.18. The van der Waals surface area contributed by atoms with Gasteiger partial charge in [0, 0.05) is 12.8 Å². The van der Waals surface area contributed by atoms with Crippen molar-refractivity contribution in [3.05, 3.63) is 0 Å². The molecular formula is C40H78O4. The van der Waals surface area contributed by atoms with Crippen molar-refractivity contribution in [3.63, 3.8) is 0 Å². The molecule has 4 nitrogen and oxygen atoms in total. The fourth-order valence-electron chi connectivity index (χ4n) is 6.36. The van der Waals surface area contributed by atoms with Crippen LogP contribution in [-0.4, -0.2) is 23.1 Å². The molecule has 0 saturated heterocycles. The van der Waals surface area contributed by atoms with Gasteiger partial charge in [-0.3, -0.25) is 9.59 Å². The second kappa shape index (κ2) is 36.4. The van der Waals surface area contributed by atoms with Crippen LogP contribution in [-0.2, 0) is 14.3 Å². The Hall–Kier alpha value is -1.06. The Bertz CT molecular complexity index is 590. The van der Waals surface area contributed by atoms with E-state index in [1.54, 1.807) is 0 Å². The summed E-state index contributed by atoms with van der Waals surface area (Å²) in [6.07, 6.45) is 42.6. The number of carboxylic acids is 1. The van der Waals surface area contributed by atoms with Crippen molar-refractivity contribution in [3.8, 4) is 0 Å². The van der Waals surface area contributed by atoms with Crippen LogP contribution in [0, 0.1) is 0 Å². The number of hydrogen-bond acceptors (Lipinski definition) is 3. The van der Waals surface area contributed by atoms with E-state index in [2.05, 4.69) is 13.8 Å². The minimum Gasteiger partial charge on any atom is -0.481 e. The third-order valence-corrected chi connectivity index (χ3v) is 9.33. The molecule has 1 atom stereocenters. The number of carboxylic acid groups (broad SMARTS) is 1. The first-order valence-corrected chi connectivity index (χ1v) is 20.0. The molecule has 0 aromatic heterocycles. The molecule has 1 unspecified atom stereocenters. The molecule has 0 fully saturated rings. The van der Waals surface area contributed by atoms with E-state index in [9.17, 15) is 9.59 Å². The lowest BCUT2D eigenvalue weighted by molar-refractivity contribution is -0.150. The van der Waals surface area contributed by atoms with Gasteiger partial charge < -0.3 is 9.84 Å². The van der Waals surface area contributed by atoms with Gasteiger partial charge in [-0.15, -0.1) is 0 Å². The van der Waals surface area contributed by atoms with E-state index in [4.69, 9.17) is 9.84 Å². The summed E-state index contributed by atoms with van der Waals surface area (Å²) in [5.74, 6) is -0.687. The topological polar surface area (TPSA) is 63.6 Å². The Balaban J connectivity index is 3.99. The number of ether oxygens (including phenoxy) is 1. The van der Waals surface area contributed by atoms with Crippen LogP contribution in [0.25, 0.3) is 0 Å². The van der Waals surface area contributed by atoms with E-state index in [0.29, 0.717) is 6.42 Å². The lowest BCUT2D eigenvalue weighted by Crippen LogP contribution is -2.18. The maximum Gasteiger partial charge on any atom is 0.306 e. The molecule has 44 heavy (non-hydrogen) atoms. The van der Waals surface area contributed by atoms with E-state index in [1.165, 1.54) is 148 Å². The van der Waals surface area contributed by atoms with E-state index in [0.717, 1.165) is 64.2 Å². The van der Waals surface area contributed by atoms with Crippen molar-refractivity contribution in [2.45, 2.75) is 245 Å². The van der Waals surface area contributed by atoms with Crippen molar-refractivity contribution in [2.75, 3.05) is 0 Å². The zero-order valence-corrected chi connectivity index (χ0v) is 30.0. The molecule has 0 bridgehead atoms. The maximum atomic E-state index is 12.6. The normalized spacial score (nSPS) is 12.0. The highest BCUT2D eigenvalue weighted by Crippen LogP contribution is 2.19. The highest BCUT2D eigenvalue weighted by Gasteiger charge is 2.14. The third kappa shape index (κ3) is 35.4. The molecule has 0 spiro atoms. The smallest absolute Gasteiger partial charge is 0.306 e. The van der Waals surface area contributed by atoms with Crippen LogP contribution in [0.15, 0.2) is 0 Å². The van der Waals surface area contributed by atoms with Crippen LogP contribution in [0.5, 0.6) is 0 Å². The minimum absolute atomic E-state index is 0.00854. The number of esters is 1. The van der Waals surface area contributed by atoms with Crippen molar-refractivity contribution in [2.24, 2.45) is 0 Å². The van der Waals surface area contributed by atoms with Crippen LogP contribution in [0.4, 0.5) is 0 Å². The minimum atomic E-state index is -0.696. The van der Waals surface area contributed by atoms with Gasteiger partial charge in [0.2, 0.25) is 0 Å². The SMILES string of the molecule is CCCCCCCCCCCCCCCC(=O)OC(CCCCCCCCCCCCCCC)CCCCCCCC(=O)O. The zero-order chi connectivity index (χ0) is 32.2. The Morgan fingerprint density at radius 3 is 1.00 bits per heavy atom.